The van der Waals surface area contributed by atoms with Crippen LogP contribution in [0.15, 0.2) is 51.8 Å². The maximum atomic E-state index is 12.3. The summed E-state index contributed by atoms with van der Waals surface area (Å²) in [6.45, 7) is 5.40. The summed E-state index contributed by atoms with van der Waals surface area (Å²) in [6.07, 6.45) is 0.499. The van der Waals surface area contributed by atoms with Gasteiger partial charge in [-0.3, -0.25) is 9.69 Å². The van der Waals surface area contributed by atoms with Crippen molar-refractivity contribution in [3.8, 4) is 0 Å². The fraction of sp³-hybridized carbons (Fsp3) is 0.381. The molecule has 0 spiro atoms. The summed E-state index contributed by atoms with van der Waals surface area (Å²) in [7, 11) is 0. The van der Waals surface area contributed by atoms with E-state index in [1.54, 1.807) is 11.8 Å². The maximum Gasteiger partial charge on any atom is 0.225 e. The molecule has 2 aromatic carbocycles. The maximum absolute atomic E-state index is 12.3. The number of thioether (sulfide) groups is 2. The van der Waals surface area contributed by atoms with Crippen LogP contribution in [-0.4, -0.2) is 41.2 Å². The molecule has 2 aromatic rings. The predicted molar refractivity (Wildman–Crippen MR) is 122 cm³/mol. The van der Waals surface area contributed by atoms with Crippen LogP contribution in [0.25, 0.3) is 0 Å². The Morgan fingerprint density at radius 3 is 2.74 bits per heavy atom. The normalized spacial score (nSPS) is 14.9. The van der Waals surface area contributed by atoms with E-state index in [4.69, 9.17) is 0 Å². The van der Waals surface area contributed by atoms with Gasteiger partial charge < -0.3 is 5.32 Å². The monoisotopic (exact) mass is 464 g/mol. The second-order valence-corrected chi connectivity index (χ2v) is 9.83. The van der Waals surface area contributed by atoms with Crippen molar-refractivity contribution in [2.75, 3.05) is 35.7 Å². The Labute approximate surface area is 178 Å². The SMILES string of the molecule is Cc1cc(CN2CCSCC2)ccc1NC(=O)CCSc1ccccc1Br. The molecular weight excluding hydrogens is 440 g/mol. The highest BCUT2D eigenvalue weighted by Gasteiger charge is 2.12. The Bertz CT molecular complexity index is 779. The molecule has 1 N–H and O–H groups in total. The molecule has 0 radical (unpaired) electrons. The van der Waals surface area contributed by atoms with Gasteiger partial charge in [-0.15, -0.1) is 11.8 Å². The van der Waals surface area contributed by atoms with Crippen molar-refractivity contribution >= 4 is 51.0 Å². The van der Waals surface area contributed by atoms with Gasteiger partial charge in [0.15, 0.2) is 0 Å². The van der Waals surface area contributed by atoms with Crippen LogP contribution < -0.4 is 5.32 Å². The minimum Gasteiger partial charge on any atom is -0.326 e. The van der Waals surface area contributed by atoms with Crippen LogP contribution in [-0.2, 0) is 11.3 Å². The molecule has 1 aliphatic heterocycles. The van der Waals surface area contributed by atoms with E-state index in [9.17, 15) is 4.79 Å². The van der Waals surface area contributed by atoms with Crippen molar-refractivity contribution in [1.29, 1.82) is 0 Å². The van der Waals surface area contributed by atoms with Gasteiger partial charge in [-0.2, -0.15) is 11.8 Å². The molecule has 27 heavy (non-hydrogen) atoms. The van der Waals surface area contributed by atoms with Gasteiger partial charge in [0, 0.05) is 58.4 Å². The van der Waals surface area contributed by atoms with Crippen molar-refractivity contribution in [1.82, 2.24) is 4.90 Å². The molecule has 0 aliphatic carbocycles. The molecule has 1 aliphatic rings. The summed E-state index contributed by atoms with van der Waals surface area (Å²) in [6, 6.07) is 14.5. The topological polar surface area (TPSA) is 32.3 Å². The Balaban J connectivity index is 1.48. The first-order chi connectivity index (χ1) is 13.1. The van der Waals surface area contributed by atoms with Crippen molar-refractivity contribution < 1.29 is 4.79 Å². The van der Waals surface area contributed by atoms with E-state index in [-0.39, 0.29) is 5.91 Å². The number of aryl methyl sites for hydroxylation is 1. The average Bonchev–Trinajstić information content (AvgIpc) is 2.66. The lowest BCUT2D eigenvalue weighted by molar-refractivity contribution is -0.115. The number of hydrogen-bond acceptors (Lipinski definition) is 4. The Morgan fingerprint density at radius 1 is 1.22 bits per heavy atom. The van der Waals surface area contributed by atoms with Crippen LogP contribution in [0.5, 0.6) is 0 Å². The van der Waals surface area contributed by atoms with E-state index in [1.807, 2.05) is 36.0 Å². The summed E-state index contributed by atoms with van der Waals surface area (Å²) < 4.78 is 1.08. The highest BCUT2D eigenvalue weighted by molar-refractivity contribution is 9.10. The molecule has 0 saturated carbocycles. The van der Waals surface area contributed by atoms with Crippen molar-refractivity contribution in [2.45, 2.75) is 24.8 Å². The lowest BCUT2D eigenvalue weighted by Crippen LogP contribution is -2.31. The number of nitrogens with one attached hydrogen (secondary N) is 1. The first-order valence-electron chi connectivity index (χ1n) is 9.18. The quantitative estimate of drug-likeness (QED) is 0.553. The zero-order valence-electron chi connectivity index (χ0n) is 15.5. The van der Waals surface area contributed by atoms with Gasteiger partial charge >= 0.3 is 0 Å². The third-order valence-electron chi connectivity index (χ3n) is 4.50. The molecule has 1 heterocycles. The van der Waals surface area contributed by atoms with E-state index in [2.05, 4.69) is 51.3 Å². The number of rotatable bonds is 7. The largest absolute Gasteiger partial charge is 0.326 e. The van der Waals surface area contributed by atoms with Gasteiger partial charge in [-0.25, -0.2) is 0 Å². The third-order valence-corrected chi connectivity index (χ3v) is 7.47. The number of hydrogen-bond donors (Lipinski definition) is 1. The summed E-state index contributed by atoms with van der Waals surface area (Å²) in [5.41, 5.74) is 3.37. The number of amides is 1. The van der Waals surface area contributed by atoms with Crippen LogP contribution in [0.3, 0.4) is 0 Å². The van der Waals surface area contributed by atoms with E-state index >= 15 is 0 Å². The molecular formula is C21H25BrN2OS2. The minimum absolute atomic E-state index is 0.0680. The fourth-order valence-corrected chi connectivity index (χ4v) is 5.50. The van der Waals surface area contributed by atoms with Gasteiger partial charge in [0.05, 0.1) is 0 Å². The van der Waals surface area contributed by atoms with Gasteiger partial charge in [0.25, 0.3) is 0 Å². The molecule has 1 saturated heterocycles. The van der Waals surface area contributed by atoms with E-state index in [0.29, 0.717) is 6.42 Å². The molecule has 0 atom stereocenters. The predicted octanol–water partition coefficient (Wildman–Crippen LogP) is 5.43. The zero-order valence-corrected chi connectivity index (χ0v) is 18.8. The highest BCUT2D eigenvalue weighted by Crippen LogP contribution is 2.27. The number of nitrogens with zero attached hydrogens (tertiary/aromatic N) is 1. The number of halogens is 1. The third kappa shape index (κ3) is 6.56. The summed E-state index contributed by atoms with van der Waals surface area (Å²) in [5.74, 6) is 3.28. The average molecular weight is 465 g/mol. The Morgan fingerprint density at radius 2 is 2.00 bits per heavy atom. The standard InChI is InChI=1S/C21H25BrN2OS2/c1-16-14-17(15-24-9-12-26-13-10-24)6-7-19(16)23-21(25)8-11-27-20-5-3-2-4-18(20)22/h2-7,14H,8-13,15H2,1H3,(H,23,25). The zero-order chi connectivity index (χ0) is 19.1. The van der Waals surface area contributed by atoms with E-state index in [1.165, 1.54) is 22.0 Å². The second kappa shape index (κ2) is 10.6. The molecule has 0 unspecified atom stereocenters. The number of anilines is 1. The molecule has 144 valence electrons. The van der Waals surface area contributed by atoms with Crippen LogP contribution in [0, 0.1) is 6.92 Å². The van der Waals surface area contributed by atoms with E-state index < -0.39 is 0 Å². The summed E-state index contributed by atoms with van der Waals surface area (Å²) in [5, 5.41) is 3.06. The van der Waals surface area contributed by atoms with Crippen molar-refractivity contribution in [3.63, 3.8) is 0 Å². The first-order valence-corrected chi connectivity index (χ1v) is 12.1. The van der Waals surface area contributed by atoms with Crippen molar-refractivity contribution in [2.24, 2.45) is 0 Å². The van der Waals surface area contributed by atoms with Gasteiger partial charge in [0.1, 0.15) is 0 Å². The Hall–Kier alpha value is -0.950. The van der Waals surface area contributed by atoms with Crippen LogP contribution in [0.1, 0.15) is 17.5 Å². The number of carbonyl (C=O) groups is 1. The first kappa shape index (κ1) is 20.8. The molecule has 0 aromatic heterocycles. The van der Waals surface area contributed by atoms with Crippen molar-refractivity contribution in [3.05, 3.63) is 58.1 Å². The molecule has 3 rings (SSSR count). The molecule has 6 heteroatoms. The Kier molecular flexibility index (Phi) is 8.12. The molecule has 1 fully saturated rings. The van der Waals surface area contributed by atoms with Gasteiger partial charge in [0.2, 0.25) is 5.91 Å². The van der Waals surface area contributed by atoms with Crippen LogP contribution in [0.2, 0.25) is 0 Å². The number of benzene rings is 2. The molecule has 0 bridgehead atoms. The van der Waals surface area contributed by atoms with Gasteiger partial charge in [-0.1, -0.05) is 24.3 Å². The smallest absolute Gasteiger partial charge is 0.225 e. The summed E-state index contributed by atoms with van der Waals surface area (Å²) >= 11 is 7.27. The van der Waals surface area contributed by atoms with E-state index in [0.717, 1.165) is 41.1 Å². The molecule has 3 nitrogen and oxygen atoms in total. The number of carbonyl (C=O) groups excluding carboxylic acids is 1. The minimum atomic E-state index is 0.0680. The highest BCUT2D eigenvalue weighted by atomic mass is 79.9. The lowest BCUT2D eigenvalue weighted by Gasteiger charge is -2.26. The van der Waals surface area contributed by atoms with Crippen LogP contribution >= 0.6 is 39.5 Å². The summed E-state index contributed by atoms with van der Waals surface area (Å²) in [4.78, 5) is 16.0. The van der Waals surface area contributed by atoms with Crippen LogP contribution in [0.4, 0.5) is 5.69 Å². The molecule has 1 amide bonds. The fourth-order valence-electron chi connectivity index (χ4n) is 3.01. The second-order valence-electron chi connectivity index (χ2n) is 6.61. The lowest BCUT2D eigenvalue weighted by atomic mass is 10.1. The van der Waals surface area contributed by atoms with Gasteiger partial charge in [-0.05, 0) is 52.2 Å².